The fourth-order valence-corrected chi connectivity index (χ4v) is 3.07. The number of aromatic nitrogens is 1. The van der Waals surface area contributed by atoms with Gasteiger partial charge in [-0.2, -0.15) is 0 Å². The molecule has 0 aliphatic heterocycles. The van der Waals surface area contributed by atoms with E-state index in [0.717, 1.165) is 5.56 Å². The largest absolute Gasteiger partial charge is 0.503 e. The Labute approximate surface area is 184 Å². The molecule has 0 saturated heterocycles. The highest BCUT2D eigenvalue weighted by Crippen LogP contribution is 2.28. The molecular formula is C24H23FN2O5. The van der Waals surface area contributed by atoms with Crippen molar-refractivity contribution in [2.45, 2.75) is 26.0 Å². The molecule has 0 unspecified atom stereocenters. The van der Waals surface area contributed by atoms with E-state index in [1.807, 2.05) is 18.2 Å². The molecule has 0 aliphatic carbocycles. The van der Waals surface area contributed by atoms with Crippen LogP contribution in [0.4, 0.5) is 4.39 Å². The summed E-state index contributed by atoms with van der Waals surface area (Å²) in [5.41, 5.74) is 1.38. The maximum atomic E-state index is 14.6. The van der Waals surface area contributed by atoms with Crippen LogP contribution in [0.1, 0.15) is 36.0 Å². The zero-order chi connectivity index (χ0) is 23.3. The van der Waals surface area contributed by atoms with Crippen molar-refractivity contribution in [2.75, 3.05) is 7.11 Å². The number of nitrogens with zero attached hydrogens (tertiary/aromatic N) is 1. The number of esters is 1. The Bertz CT molecular complexity index is 1120. The number of benzene rings is 2. The SMILES string of the molecule is COc1ccnc(C(=O)N[C@@H](C)C(=O)O[C@@H](C)c2ccc(-c3ccccc3)c(F)c2)c1O. The molecule has 166 valence electrons. The minimum absolute atomic E-state index is 0.0787. The third-order valence-electron chi connectivity index (χ3n) is 4.86. The summed E-state index contributed by atoms with van der Waals surface area (Å²) in [6, 6.07) is 14.1. The van der Waals surface area contributed by atoms with Crippen molar-refractivity contribution in [3.8, 4) is 22.6 Å². The van der Waals surface area contributed by atoms with Gasteiger partial charge < -0.3 is 19.9 Å². The van der Waals surface area contributed by atoms with Gasteiger partial charge in [-0.25, -0.2) is 14.2 Å². The molecule has 1 aromatic heterocycles. The standard InChI is InChI=1S/C24H23FN2O5/c1-14(27-23(29)21-22(28)20(31-3)11-12-26-21)24(30)32-15(2)17-9-10-18(19(25)13-17)16-7-5-4-6-8-16/h4-15,28H,1-3H3,(H,27,29)/t14-,15-/m0/s1. The number of methoxy groups -OCH3 is 1. The third-order valence-corrected chi connectivity index (χ3v) is 4.86. The summed E-state index contributed by atoms with van der Waals surface area (Å²) >= 11 is 0. The Balaban J connectivity index is 1.65. The Morgan fingerprint density at radius 2 is 1.81 bits per heavy atom. The summed E-state index contributed by atoms with van der Waals surface area (Å²) in [7, 11) is 1.34. The summed E-state index contributed by atoms with van der Waals surface area (Å²) in [5.74, 6) is -2.28. The van der Waals surface area contributed by atoms with Gasteiger partial charge in [0.15, 0.2) is 17.2 Å². The van der Waals surface area contributed by atoms with E-state index in [1.165, 1.54) is 32.4 Å². The van der Waals surface area contributed by atoms with Gasteiger partial charge in [-0.1, -0.05) is 42.5 Å². The first-order valence-electron chi connectivity index (χ1n) is 9.90. The average Bonchev–Trinajstić information content (AvgIpc) is 2.79. The zero-order valence-electron chi connectivity index (χ0n) is 17.8. The van der Waals surface area contributed by atoms with E-state index in [9.17, 15) is 19.1 Å². The Morgan fingerprint density at radius 1 is 1.09 bits per heavy atom. The molecule has 1 amide bonds. The molecule has 2 atom stereocenters. The van der Waals surface area contributed by atoms with Crippen LogP contribution in [0.3, 0.4) is 0 Å². The number of nitrogens with one attached hydrogen (secondary N) is 1. The number of hydrogen-bond donors (Lipinski definition) is 2. The van der Waals surface area contributed by atoms with E-state index in [2.05, 4.69) is 10.3 Å². The lowest BCUT2D eigenvalue weighted by Crippen LogP contribution is -2.40. The number of pyridine rings is 1. The molecule has 0 spiro atoms. The highest BCUT2D eigenvalue weighted by molar-refractivity contribution is 5.97. The van der Waals surface area contributed by atoms with E-state index in [1.54, 1.807) is 31.2 Å². The fraction of sp³-hybridized carbons (Fsp3) is 0.208. The van der Waals surface area contributed by atoms with E-state index in [-0.39, 0.29) is 11.4 Å². The Morgan fingerprint density at radius 3 is 2.47 bits per heavy atom. The van der Waals surface area contributed by atoms with Crippen LogP contribution >= 0.6 is 0 Å². The third kappa shape index (κ3) is 5.03. The fourth-order valence-electron chi connectivity index (χ4n) is 3.07. The lowest BCUT2D eigenvalue weighted by molar-refractivity contribution is -0.150. The van der Waals surface area contributed by atoms with Crippen LogP contribution in [-0.2, 0) is 9.53 Å². The minimum atomic E-state index is -1.04. The lowest BCUT2D eigenvalue weighted by Gasteiger charge is -2.19. The van der Waals surface area contributed by atoms with E-state index < -0.39 is 35.6 Å². The number of amides is 1. The van der Waals surface area contributed by atoms with Gasteiger partial charge in [-0.3, -0.25) is 4.79 Å². The topological polar surface area (TPSA) is 97.8 Å². The number of carbonyl (C=O) groups excluding carboxylic acids is 2. The van der Waals surface area contributed by atoms with Crippen LogP contribution in [-0.4, -0.2) is 35.1 Å². The van der Waals surface area contributed by atoms with Crippen LogP contribution in [0.25, 0.3) is 11.1 Å². The second-order valence-electron chi connectivity index (χ2n) is 7.09. The number of ether oxygens (including phenoxy) is 2. The van der Waals surface area contributed by atoms with Crippen LogP contribution in [0.15, 0.2) is 60.8 Å². The number of halogens is 1. The van der Waals surface area contributed by atoms with Crippen LogP contribution in [0.2, 0.25) is 0 Å². The molecule has 2 aromatic carbocycles. The van der Waals surface area contributed by atoms with Crippen molar-refractivity contribution in [2.24, 2.45) is 0 Å². The van der Waals surface area contributed by atoms with Gasteiger partial charge in [0.1, 0.15) is 18.0 Å². The second kappa shape index (κ2) is 9.91. The predicted molar refractivity (Wildman–Crippen MR) is 116 cm³/mol. The quantitative estimate of drug-likeness (QED) is 0.541. The molecule has 0 fully saturated rings. The molecule has 0 bridgehead atoms. The molecule has 8 heteroatoms. The van der Waals surface area contributed by atoms with Gasteiger partial charge >= 0.3 is 5.97 Å². The van der Waals surface area contributed by atoms with Gasteiger partial charge in [0.25, 0.3) is 5.91 Å². The Hall–Kier alpha value is -3.94. The van der Waals surface area contributed by atoms with E-state index in [0.29, 0.717) is 11.1 Å². The van der Waals surface area contributed by atoms with Crippen molar-refractivity contribution >= 4 is 11.9 Å². The molecular weight excluding hydrogens is 415 g/mol. The minimum Gasteiger partial charge on any atom is -0.503 e. The molecule has 0 saturated carbocycles. The first-order chi connectivity index (χ1) is 15.3. The molecule has 1 heterocycles. The van der Waals surface area contributed by atoms with Gasteiger partial charge in [0.05, 0.1) is 7.11 Å². The van der Waals surface area contributed by atoms with Gasteiger partial charge in [0.2, 0.25) is 0 Å². The number of hydrogen-bond acceptors (Lipinski definition) is 6. The molecule has 2 N–H and O–H groups in total. The molecule has 0 aliphatic rings. The first kappa shape index (κ1) is 22.7. The zero-order valence-corrected chi connectivity index (χ0v) is 17.8. The molecule has 32 heavy (non-hydrogen) atoms. The molecule has 7 nitrogen and oxygen atoms in total. The number of carbonyl (C=O) groups is 2. The van der Waals surface area contributed by atoms with Gasteiger partial charge in [0, 0.05) is 17.8 Å². The summed E-state index contributed by atoms with van der Waals surface area (Å²) < 4.78 is 24.9. The maximum absolute atomic E-state index is 14.6. The van der Waals surface area contributed by atoms with Crippen LogP contribution < -0.4 is 10.1 Å². The average molecular weight is 438 g/mol. The van der Waals surface area contributed by atoms with E-state index >= 15 is 0 Å². The number of rotatable bonds is 7. The van der Waals surface area contributed by atoms with Crippen molar-refractivity contribution in [3.63, 3.8) is 0 Å². The molecule has 3 rings (SSSR count). The summed E-state index contributed by atoms with van der Waals surface area (Å²) in [6.45, 7) is 3.04. The summed E-state index contributed by atoms with van der Waals surface area (Å²) in [5, 5.41) is 12.5. The highest BCUT2D eigenvalue weighted by Gasteiger charge is 2.24. The van der Waals surface area contributed by atoms with Crippen molar-refractivity contribution in [3.05, 3.63) is 77.9 Å². The smallest absolute Gasteiger partial charge is 0.328 e. The molecule has 0 radical (unpaired) electrons. The Kier molecular flexibility index (Phi) is 7.04. The van der Waals surface area contributed by atoms with E-state index in [4.69, 9.17) is 9.47 Å². The monoisotopic (exact) mass is 438 g/mol. The highest BCUT2D eigenvalue weighted by atomic mass is 19.1. The van der Waals surface area contributed by atoms with Gasteiger partial charge in [-0.15, -0.1) is 0 Å². The maximum Gasteiger partial charge on any atom is 0.328 e. The second-order valence-corrected chi connectivity index (χ2v) is 7.09. The van der Waals surface area contributed by atoms with Crippen molar-refractivity contribution in [1.82, 2.24) is 10.3 Å². The van der Waals surface area contributed by atoms with Crippen LogP contribution in [0, 0.1) is 5.82 Å². The van der Waals surface area contributed by atoms with Crippen molar-refractivity contribution < 1.29 is 28.6 Å². The predicted octanol–water partition coefficient (Wildman–Crippen LogP) is 4.02. The normalized spacial score (nSPS) is 12.5. The number of aromatic hydroxyl groups is 1. The summed E-state index contributed by atoms with van der Waals surface area (Å²) in [4.78, 5) is 28.6. The van der Waals surface area contributed by atoms with Gasteiger partial charge in [-0.05, 0) is 31.0 Å². The van der Waals surface area contributed by atoms with Crippen LogP contribution in [0.5, 0.6) is 11.5 Å². The molecule has 3 aromatic rings. The first-order valence-corrected chi connectivity index (χ1v) is 9.90. The lowest BCUT2D eigenvalue weighted by atomic mass is 10.0. The summed E-state index contributed by atoms with van der Waals surface area (Å²) in [6.07, 6.45) is 0.552. The van der Waals surface area contributed by atoms with Crippen molar-refractivity contribution in [1.29, 1.82) is 0 Å².